The van der Waals surface area contributed by atoms with Gasteiger partial charge in [0.25, 0.3) is 6.01 Å². The van der Waals surface area contributed by atoms with Crippen LogP contribution in [0.1, 0.15) is 19.5 Å². The van der Waals surface area contributed by atoms with Gasteiger partial charge in [0.15, 0.2) is 5.58 Å². The molecule has 5 rings (SSSR count). The third-order valence-electron chi connectivity index (χ3n) is 6.12. The molecule has 2 atom stereocenters. The van der Waals surface area contributed by atoms with Gasteiger partial charge in [0.05, 0.1) is 29.1 Å². The van der Waals surface area contributed by atoms with Gasteiger partial charge in [-0.1, -0.05) is 26.0 Å². The smallest absolute Gasteiger partial charge is 0.298 e. The van der Waals surface area contributed by atoms with Crippen molar-refractivity contribution in [1.29, 1.82) is 0 Å². The minimum absolute atomic E-state index is 0.0123. The summed E-state index contributed by atoms with van der Waals surface area (Å²) in [5.41, 5.74) is 2.50. The van der Waals surface area contributed by atoms with E-state index < -0.39 is 10.8 Å². The highest BCUT2D eigenvalue weighted by atomic mass is 32.2. The molecule has 2 aliphatic rings. The second-order valence-corrected chi connectivity index (χ2v) is 10.1. The van der Waals surface area contributed by atoms with Crippen LogP contribution in [0, 0.1) is 5.92 Å². The van der Waals surface area contributed by atoms with Crippen LogP contribution in [0.3, 0.4) is 0 Å². The zero-order valence-corrected chi connectivity index (χ0v) is 19.1. The fraction of sp³-hybridized carbons (Fsp3) is 0.500. The number of fused-ring (bicyclic) bond motifs is 2. The van der Waals surface area contributed by atoms with E-state index in [2.05, 4.69) is 20.1 Å². The molecular weight excluding hydrogens is 428 g/mol. The summed E-state index contributed by atoms with van der Waals surface area (Å²) in [5, 5.41) is 13.1. The largest absolute Gasteiger partial charge is 0.423 e. The molecule has 0 bridgehead atoms. The highest BCUT2D eigenvalue weighted by molar-refractivity contribution is 7.85. The van der Waals surface area contributed by atoms with Crippen molar-refractivity contribution < 1.29 is 13.7 Å². The van der Waals surface area contributed by atoms with Crippen LogP contribution in [0.15, 0.2) is 33.6 Å². The van der Waals surface area contributed by atoms with Crippen molar-refractivity contribution in [3.63, 3.8) is 0 Å². The summed E-state index contributed by atoms with van der Waals surface area (Å²) < 4.78 is 18.5. The van der Waals surface area contributed by atoms with Crippen molar-refractivity contribution >= 4 is 39.7 Å². The predicted molar refractivity (Wildman–Crippen MR) is 125 cm³/mol. The molecule has 9 nitrogen and oxygen atoms in total. The first-order valence-corrected chi connectivity index (χ1v) is 12.4. The molecule has 2 N–H and O–H groups in total. The van der Waals surface area contributed by atoms with Gasteiger partial charge in [0.2, 0.25) is 5.95 Å². The number of hydrogen-bond donors (Lipinski definition) is 2. The number of aryl methyl sites for hydroxylation is 1. The van der Waals surface area contributed by atoms with E-state index in [1.807, 2.05) is 38.1 Å². The number of oxazole rings is 1. The number of benzene rings is 1. The number of piperazine rings is 1. The number of hydrogen-bond acceptors (Lipinski definition) is 9. The van der Waals surface area contributed by atoms with Crippen molar-refractivity contribution in [2.24, 2.45) is 5.92 Å². The van der Waals surface area contributed by atoms with Crippen molar-refractivity contribution in [3.05, 3.63) is 30.0 Å². The van der Waals surface area contributed by atoms with Gasteiger partial charge in [0.1, 0.15) is 16.2 Å². The first-order chi connectivity index (χ1) is 15.5. The molecule has 0 saturated carbocycles. The third-order valence-corrected chi connectivity index (χ3v) is 7.57. The third kappa shape index (κ3) is 3.93. The Kier molecular flexibility index (Phi) is 5.73. The summed E-state index contributed by atoms with van der Waals surface area (Å²) in [4.78, 5) is 19.1. The summed E-state index contributed by atoms with van der Waals surface area (Å²) in [6, 6.07) is 8.26. The van der Waals surface area contributed by atoms with Gasteiger partial charge < -0.3 is 24.6 Å². The van der Waals surface area contributed by atoms with Crippen LogP contribution in [0.5, 0.6) is 0 Å². The average Bonchev–Trinajstić information content (AvgIpc) is 3.41. The maximum absolute atomic E-state index is 12.6. The Morgan fingerprint density at radius 1 is 1.12 bits per heavy atom. The van der Waals surface area contributed by atoms with Gasteiger partial charge in [-0.25, -0.2) is 4.98 Å². The number of aliphatic hydroxyl groups excluding tert-OH is 1. The lowest BCUT2D eigenvalue weighted by Crippen LogP contribution is -2.47. The minimum Gasteiger partial charge on any atom is -0.423 e. The Balaban J connectivity index is 1.36. The summed E-state index contributed by atoms with van der Waals surface area (Å²) in [7, 11) is -1.11. The molecule has 4 heterocycles. The molecular formula is C22H28N6O3S. The van der Waals surface area contributed by atoms with Crippen molar-refractivity contribution in [1.82, 2.24) is 15.0 Å². The second-order valence-electron chi connectivity index (χ2n) is 8.56. The second kappa shape index (κ2) is 8.67. The highest BCUT2D eigenvalue weighted by Crippen LogP contribution is 2.31. The highest BCUT2D eigenvalue weighted by Gasteiger charge is 2.30. The van der Waals surface area contributed by atoms with Crippen LogP contribution in [0.2, 0.25) is 0 Å². The lowest BCUT2D eigenvalue weighted by molar-refractivity contribution is 0.249. The molecule has 1 aromatic carbocycles. The lowest BCUT2D eigenvalue weighted by atomic mass is 10.1. The Morgan fingerprint density at radius 2 is 1.88 bits per heavy atom. The number of para-hydroxylation sites is 2. The fourth-order valence-electron chi connectivity index (χ4n) is 4.12. The van der Waals surface area contributed by atoms with Gasteiger partial charge in [0, 0.05) is 38.4 Å². The number of anilines is 3. The molecule has 0 radical (unpaired) electrons. The standard InChI is InChI=1S/C22H28N6O3S/c1-14(2)17(13-29)23-20-19-16(7-12-32(19)30)24-21(26-20)27-8-10-28(11-9-27)22-25-15-5-3-4-6-18(15)31-22/h3-6,14,17,29H,7-13H2,1-2H3,(H,23,24,26). The summed E-state index contributed by atoms with van der Waals surface area (Å²) in [6.07, 6.45) is 0.681. The molecule has 1 fully saturated rings. The summed E-state index contributed by atoms with van der Waals surface area (Å²) in [6.45, 7) is 7.01. The van der Waals surface area contributed by atoms with Crippen molar-refractivity contribution in [3.8, 4) is 0 Å². The van der Waals surface area contributed by atoms with E-state index >= 15 is 0 Å². The van der Waals surface area contributed by atoms with E-state index in [1.165, 1.54) is 0 Å². The zero-order chi connectivity index (χ0) is 22.2. The molecule has 2 aromatic heterocycles. The Hall–Kier alpha value is -2.72. The molecule has 2 aliphatic heterocycles. The molecule has 0 amide bonds. The molecule has 3 aromatic rings. The molecule has 10 heteroatoms. The predicted octanol–water partition coefficient (Wildman–Crippen LogP) is 2.04. The Bertz CT molecular complexity index is 1110. The van der Waals surface area contributed by atoms with E-state index in [0.29, 0.717) is 34.9 Å². The maximum atomic E-state index is 12.6. The summed E-state index contributed by atoms with van der Waals surface area (Å²) >= 11 is 0. The molecule has 0 spiro atoms. The minimum atomic E-state index is -1.11. The number of nitrogens with one attached hydrogen (secondary N) is 1. The van der Waals surface area contributed by atoms with E-state index in [-0.39, 0.29) is 18.6 Å². The van der Waals surface area contributed by atoms with Gasteiger partial charge in [-0.05, 0) is 18.1 Å². The van der Waals surface area contributed by atoms with Crippen molar-refractivity contribution in [2.75, 3.05) is 53.7 Å². The normalized spacial score (nSPS) is 19.6. The molecule has 170 valence electrons. The Morgan fingerprint density at radius 3 is 2.59 bits per heavy atom. The number of rotatable bonds is 6. The monoisotopic (exact) mass is 456 g/mol. The number of aromatic nitrogens is 3. The SMILES string of the molecule is CC(C)C(CO)Nc1nc(N2CCN(c3nc4ccccc4o3)CC2)nc2c1S(=O)CC2. The first kappa shape index (κ1) is 21.1. The van der Waals surface area contributed by atoms with E-state index in [0.717, 1.165) is 43.0 Å². The number of aliphatic hydroxyl groups is 1. The van der Waals surface area contributed by atoms with E-state index in [1.54, 1.807) is 0 Å². The molecule has 2 unspecified atom stereocenters. The van der Waals surface area contributed by atoms with Gasteiger partial charge in [-0.15, -0.1) is 0 Å². The van der Waals surface area contributed by atoms with Crippen LogP contribution in [-0.2, 0) is 17.2 Å². The molecule has 0 aliphatic carbocycles. The fourth-order valence-corrected chi connectivity index (χ4v) is 5.43. The topological polar surface area (TPSA) is 108 Å². The van der Waals surface area contributed by atoms with E-state index in [9.17, 15) is 9.32 Å². The van der Waals surface area contributed by atoms with Crippen LogP contribution in [0.25, 0.3) is 11.1 Å². The van der Waals surface area contributed by atoms with Gasteiger partial charge in [-0.3, -0.25) is 4.21 Å². The maximum Gasteiger partial charge on any atom is 0.298 e. The van der Waals surface area contributed by atoms with Crippen LogP contribution in [0.4, 0.5) is 17.8 Å². The summed E-state index contributed by atoms with van der Waals surface area (Å²) in [5.74, 6) is 2.01. The first-order valence-electron chi connectivity index (χ1n) is 11.1. The van der Waals surface area contributed by atoms with Crippen LogP contribution >= 0.6 is 0 Å². The van der Waals surface area contributed by atoms with Crippen LogP contribution < -0.4 is 15.1 Å². The number of nitrogens with zero attached hydrogens (tertiary/aromatic N) is 5. The molecule has 32 heavy (non-hydrogen) atoms. The lowest BCUT2D eigenvalue weighted by Gasteiger charge is -2.34. The Labute approximate surface area is 189 Å². The van der Waals surface area contributed by atoms with Gasteiger partial charge in [-0.2, -0.15) is 9.97 Å². The van der Waals surface area contributed by atoms with Crippen LogP contribution in [-0.4, -0.2) is 68.8 Å². The average molecular weight is 457 g/mol. The van der Waals surface area contributed by atoms with Gasteiger partial charge >= 0.3 is 0 Å². The zero-order valence-electron chi connectivity index (χ0n) is 18.3. The quantitative estimate of drug-likeness (QED) is 0.576. The van der Waals surface area contributed by atoms with Crippen molar-refractivity contribution in [2.45, 2.75) is 31.2 Å². The molecule has 1 saturated heterocycles. The van der Waals surface area contributed by atoms with E-state index in [4.69, 9.17) is 14.4 Å².